The lowest BCUT2D eigenvalue weighted by Gasteiger charge is -2.10. The highest BCUT2D eigenvalue weighted by molar-refractivity contribution is 5.87. The molecule has 228 valence electrons. The van der Waals surface area contributed by atoms with Gasteiger partial charge in [-0.1, -0.05) is 109 Å². The second-order valence-electron chi connectivity index (χ2n) is 11.6. The van der Waals surface area contributed by atoms with E-state index < -0.39 is 0 Å². The van der Waals surface area contributed by atoms with Crippen LogP contribution in [0.25, 0.3) is 78.3 Å². The highest BCUT2D eigenvalue weighted by Gasteiger charge is 2.13. The summed E-state index contributed by atoms with van der Waals surface area (Å²) in [6, 6.07) is 52.3. The van der Waals surface area contributed by atoms with E-state index in [0.29, 0.717) is 28.6 Å². The molecule has 7 aromatic carbocycles. The summed E-state index contributed by atoms with van der Waals surface area (Å²) in [6.07, 6.45) is 0. The smallest absolute Gasteiger partial charge is 0.164 e. The van der Waals surface area contributed by atoms with E-state index in [-0.39, 0.29) is 11.6 Å². The molecule has 5 heteroatoms. The van der Waals surface area contributed by atoms with Crippen LogP contribution in [0.2, 0.25) is 0 Å². The summed E-state index contributed by atoms with van der Waals surface area (Å²) in [7, 11) is 0. The zero-order chi connectivity index (χ0) is 32.5. The number of benzene rings is 7. The molecule has 0 N–H and O–H groups in total. The van der Waals surface area contributed by atoms with Gasteiger partial charge >= 0.3 is 0 Å². The minimum Gasteiger partial charge on any atom is -0.208 e. The zero-order valence-electron chi connectivity index (χ0n) is 25.7. The van der Waals surface area contributed by atoms with Gasteiger partial charge in [0.1, 0.15) is 11.6 Å². The standard InChI is InChI=1S/C43H27F2N3/c44-39-23-19-35(20-24-39)42-46-41(47-43(48-42)36-21-25-40(45)26-22-36)34-16-13-32(14-17-34)30-7-5-29(6-8-30)31-9-11-33(12-10-31)38-18-15-28-3-1-2-4-37(28)27-38/h1-27H. The van der Waals surface area contributed by atoms with Gasteiger partial charge in [-0.05, 0) is 98.8 Å². The zero-order valence-corrected chi connectivity index (χ0v) is 25.7. The lowest BCUT2D eigenvalue weighted by molar-refractivity contribution is 0.627. The Balaban J connectivity index is 1.04. The highest BCUT2D eigenvalue weighted by atomic mass is 19.1. The molecule has 1 heterocycles. The molecule has 3 nitrogen and oxygen atoms in total. The molecule has 0 amide bonds. The molecule has 48 heavy (non-hydrogen) atoms. The molecular weight excluding hydrogens is 596 g/mol. The van der Waals surface area contributed by atoms with Gasteiger partial charge in [0.2, 0.25) is 0 Å². The van der Waals surface area contributed by atoms with Gasteiger partial charge in [0, 0.05) is 16.7 Å². The first kappa shape index (κ1) is 29.1. The minimum absolute atomic E-state index is 0.342. The lowest BCUT2D eigenvalue weighted by atomic mass is 9.97. The molecular formula is C43H27F2N3. The number of fused-ring (bicyclic) bond motifs is 1. The fourth-order valence-corrected chi connectivity index (χ4v) is 5.85. The van der Waals surface area contributed by atoms with E-state index in [2.05, 4.69) is 96.0 Å². The Morgan fingerprint density at radius 3 is 0.958 bits per heavy atom. The van der Waals surface area contributed by atoms with E-state index in [4.69, 9.17) is 9.97 Å². The number of hydrogen-bond acceptors (Lipinski definition) is 3. The van der Waals surface area contributed by atoms with Crippen molar-refractivity contribution in [3.05, 3.63) is 175 Å². The molecule has 0 saturated carbocycles. The van der Waals surface area contributed by atoms with E-state index in [0.717, 1.165) is 27.8 Å². The molecule has 0 fully saturated rings. The first-order valence-electron chi connectivity index (χ1n) is 15.6. The van der Waals surface area contributed by atoms with Gasteiger partial charge in [0.15, 0.2) is 17.5 Å². The molecule has 0 aliphatic carbocycles. The predicted octanol–water partition coefficient (Wildman–Crippen LogP) is 11.3. The van der Waals surface area contributed by atoms with Crippen LogP contribution >= 0.6 is 0 Å². The van der Waals surface area contributed by atoms with Gasteiger partial charge in [-0.15, -0.1) is 0 Å². The molecule has 0 spiro atoms. The molecule has 0 saturated heterocycles. The van der Waals surface area contributed by atoms with E-state index in [1.54, 1.807) is 24.3 Å². The third-order valence-corrected chi connectivity index (χ3v) is 8.50. The molecule has 0 aliphatic heterocycles. The van der Waals surface area contributed by atoms with Crippen LogP contribution in [0.15, 0.2) is 164 Å². The topological polar surface area (TPSA) is 38.7 Å². The molecule has 0 bridgehead atoms. The summed E-state index contributed by atoms with van der Waals surface area (Å²) in [5, 5.41) is 2.48. The monoisotopic (exact) mass is 623 g/mol. The Kier molecular flexibility index (Phi) is 7.55. The maximum atomic E-state index is 13.6. The van der Waals surface area contributed by atoms with E-state index >= 15 is 0 Å². The van der Waals surface area contributed by atoms with Gasteiger partial charge in [0.05, 0.1) is 0 Å². The van der Waals surface area contributed by atoms with E-state index in [1.807, 2.05) is 24.3 Å². The van der Waals surface area contributed by atoms with E-state index in [9.17, 15) is 8.78 Å². The summed E-state index contributed by atoms with van der Waals surface area (Å²) in [4.78, 5) is 14.0. The Hall–Kier alpha value is -6.33. The van der Waals surface area contributed by atoms with Gasteiger partial charge in [-0.25, -0.2) is 23.7 Å². The molecule has 0 atom stereocenters. The maximum absolute atomic E-state index is 13.6. The van der Waals surface area contributed by atoms with Gasteiger partial charge in [-0.2, -0.15) is 0 Å². The fraction of sp³-hybridized carbons (Fsp3) is 0. The number of halogens is 2. The Morgan fingerprint density at radius 1 is 0.271 bits per heavy atom. The lowest BCUT2D eigenvalue weighted by Crippen LogP contribution is -2.00. The first-order chi connectivity index (χ1) is 23.6. The Labute approximate surface area is 276 Å². The van der Waals surface area contributed by atoms with Crippen molar-refractivity contribution in [1.82, 2.24) is 15.0 Å². The van der Waals surface area contributed by atoms with E-state index in [1.165, 1.54) is 46.2 Å². The van der Waals surface area contributed by atoms with Crippen LogP contribution in [-0.2, 0) is 0 Å². The normalized spacial score (nSPS) is 11.1. The molecule has 1 aromatic heterocycles. The van der Waals surface area contributed by atoms with Crippen molar-refractivity contribution in [2.75, 3.05) is 0 Å². The Bertz CT molecular complexity index is 2300. The number of rotatable bonds is 6. The van der Waals surface area contributed by atoms with Crippen LogP contribution in [0, 0.1) is 11.6 Å². The second-order valence-corrected chi connectivity index (χ2v) is 11.6. The fourth-order valence-electron chi connectivity index (χ4n) is 5.85. The van der Waals surface area contributed by atoms with Crippen molar-refractivity contribution < 1.29 is 8.78 Å². The van der Waals surface area contributed by atoms with Crippen molar-refractivity contribution in [2.45, 2.75) is 0 Å². The van der Waals surface area contributed by atoms with Crippen molar-refractivity contribution in [3.63, 3.8) is 0 Å². The number of nitrogens with zero attached hydrogens (tertiary/aromatic N) is 3. The summed E-state index contributed by atoms with van der Waals surface area (Å²) < 4.78 is 27.3. The van der Waals surface area contributed by atoms with Crippen LogP contribution in [0.4, 0.5) is 8.78 Å². The average Bonchev–Trinajstić information content (AvgIpc) is 3.15. The van der Waals surface area contributed by atoms with Crippen molar-refractivity contribution >= 4 is 10.8 Å². The first-order valence-corrected chi connectivity index (χ1v) is 15.6. The molecule has 0 aliphatic rings. The maximum Gasteiger partial charge on any atom is 0.164 e. The van der Waals surface area contributed by atoms with Crippen molar-refractivity contribution in [2.24, 2.45) is 0 Å². The van der Waals surface area contributed by atoms with Gasteiger partial charge in [-0.3, -0.25) is 0 Å². The van der Waals surface area contributed by atoms with Crippen LogP contribution in [-0.4, -0.2) is 15.0 Å². The third-order valence-electron chi connectivity index (χ3n) is 8.50. The molecule has 8 rings (SSSR count). The summed E-state index contributed by atoms with van der Waals surface area (Å²) >= 11 is 0. The summed E-state index contributed by atoms with van der Waals surface area (Å²) in [5.41, 5.74) is 8.96. The van der Waals surface area contributed by atoms with Crippen LogP contribution < -0.4 is 0 Å². The average molecular weight is 624 g/mol. The SMILES string of the molecule is Fc1ccc(-c2nc(-c3ccc(F)cc3)nc(-c3ccc(-c4ccc(-c5ccc(-c6ccc7ccccc7c6)cc5)cc4)cc3)n2)cc1. The molecule has 8 aromatic rings. The Morgan fingerprint density at radius 2 is 0.562 bits per heavy atom. The van der Waals surface area contributed by atoms with Gasteiger partial charge in [0.25, 0.3) is 0 Å². The van der Waals surface area contributed by atoms with Crippen LogP contribution in [0.5, 0.6) is 0 Å². The quantitative estimate of drug-likeness (QED) is 0.185. The molecule has 0 unspecified atom stereocenters. The van der Waals surface area contributed by atoms with Crippen molar-refractivity contribution in [1.29, 1.82) is 0 Å². The minimum atomic E-state index is -0.342. The van der Waals surface area contributed by atoms with Crippen LogP contribution in [0.3, 0.4) is 0 Å². The predicted molar refractivity (Wildman–Crippen MR) is 190 cm³/mol. The highest BCUT2D eigenvalue weighted by Crippen LogP contribution is 2.31. The van der Waals surface area contributed by atoms with Crippen molar-refractivity contribution in [3.8, 4) is 67.5 Å². The summed E-state index contributed by atoms with van der Waals surface area (Å²) in [5.74, 6) is 0.599. The number of aromatic nitrogens is 3. The number of hydrogen-bond donors (Lipinski definition) is 0. The van der Waals surface area contributed by atoms with Gasteiger partial charge < -0.3 is 0 Å². The second kappa shape index (κ2) is 12.5. The molecule has 0 radical (unpaired) electrons. The largest absolute Gasteiger partial charge is 0.208 e. The third kappa shape index (κ3) is 5.97. The van der Waals surface area contributed by atoms with Crippen LogP contribution in [0.1, 0.15) is 0 Å². The summed E-state index contributed by atoms with van der Waals surface area (Å²) in [6.45, 7) is 0.